The van der Waals surface area contributed by atoms with Crippen molar-refractivity contribution < 1.29 is 32.9 Å². The number of hydrogen-bond acceptors (Lipinski definition) is 6. The Morgan fingerprint density at radius 1 is 0.590 bits per heavy atom. The van der Waals surface area contributed by atoms with Crippen LogP contribution in [0.15, 0.2) is 85.1 Å². The molecule has 0 aromatic rings. The number of likely N-dealkylation sites (N-methyl/N-ethyl adjacent to an activating group) is 1. The van der Waals surface area contributed by atoms with Crippen LogP contribution in [0.25, 0.3) is 0 Å². The third kappa shape index (κ3) is 45.5. The van der Waals surface area contributed by atoms with Gasteiger partial charge in [-0.25, -0.2) is 0 Å². The van der Waals surface area contributed by atoms with E-state index in [1.807, 2.05) is 21.1 Å². The smallest absolute Gasteiger partial charge is 0.268 e. The molecule has 0 aliphatic rings. The van der Waals surface area contributed by atoms with Gasteiger partial charge in [0.1, 0.15) is 13.2 Å². The number of rotatable bonds is 43. The summed E-state index contributed by atoms with van der Waals surface area (Å²) in [5.74, 6) is -0.179. The van der Waals surface area contributed by atoms with Crippen LogP contribution in [0.2, 0.25) is 0 Å². The largest absolute Gasteiger partial charge is 0.756 e. The van der Waals surface area contributed by atoms with Crippen LogP contribution in [0, 0.1) is 0 Å². The third-order valence-electron chi connectivity index (χ3n) is 10.4. The molecule has 0 aliphatic heterocycles. The summed E-state index contributed by atoms with van der Waals surface area (Å²) >= 11 is 0. The molecule has 0 aromatic carbocycles. The molecule has 0 saturated heterocycles. The summed E-state index contributed by atoms with van der Waals surface area (Å²) in [6.45, 7) is 4.46. The van der Waals surface area contributed by atoms with Crippen LogP contribution in [0.3, 0.4) is 0 Å². The van der Waals surface area contributed by atoms with Gasteiger partial charge in [0.05, 0.1) is 39.9 Å². The average Bonchev–Trinajstić information content (AvgIpc) is 3.21. The first kappa shape index (κ1) is 58.7. The molecule has 61 heavy (non-hydrogen) atoms. The molecule has 0 heterocycles. The fraction of sp³-hybridized carbons (Fsp3) is 0.712. The van der Waals surface area contributed by atoms with Crippen LogP contribution < -0.4 is 10.2 Å². The van der Waals surface area contributed by atoms with Crippen molar-refractivity contribution in [3.8, 4) is 0 Å². The number of allylic oxidation sites excluding steroid dienone is 14. The van der Waals surface area contributed by atoms with Crippen LogP contribution >= 0.6 is 7.82 Å². The molecule has 3 atom stereocenters. The van der Waals surface area contributed by atoms with E-state index in [1.54, 1.807) is 0 Å². The van der Waals surface area contributed by atoms with Crippen molar-refractivity contribution in [3.63, 3.8) is 0 Å². The van der Waals surface area contributed by atoms with Crippen LogP contribution in [0.5, 0.6) is 0 Å². The highest BCUT2D eigenvalue weighted by molar-refractivity contribution is 7.45. The quantitative estimate of drug-likeness (QED) is 0.0273. The summed E-state index contributed by atoms with van der Waals surface area (Å²) in [4.78, 5) is 25.1. The zero-order valence-electron chi connectivity index (χ0n) is 39.8. The predicted octanol–water partition coefficient (Wildman–Crippen LogP) is 13.5. The van der Waals surface area contributed by atoms with E-state index in [-0.39, 0.29) is 19.1 Å². The fourth-order valence-corrected chi connectivity index (χ4v) is 7.27. The SMILES string of the molecule is CC/C=C\C/C=C\C/C=C\C/C=C\C/C=C\C/C=C\C/C=C\CCCCCCCCCCCCCCCC(=O)NC(COP(=O)([O-])OCC[N+](C)(C)C)C(O)CCCCCC. The Morgan fingerprint density at radius 2 is 1.00 bits per heavy atom. The second-order valence-electron chi connectivity index (χ2n) is 17.4. The highest BCUT2D eigenvalue weighted by Gasteiger charge is 2.24. The van der Waals surface area contributed by atoms with Crippen molar-refractivity contribution in [1.82, 2.24) is 5.32 Å². The average molecular weight is 873 g/mol. The number of unbranched alkanes of at least 4 members (excludes halogenated alkanes) is 16. The number of aliphatic hydroxyl groups excluding tert-OH is 1. The zero-order valence-corrected chi connectivity index (χ0v) is 40.7. The number of carbonyl (C=O) groups excluding carboxylic acids is 1. The van der Waals surface area contributed by atoms with Crippen molar-refractivity contribution in [2.75, 3.05) is 40.9 Å². The molecular weight excluding hydrogens is 780 g/mol. The summed E-state index contributed by atoms with van der Waals surface area (Å²) in [6.07, 6.45) is 59.6. The Balaban J connectivity index is 3.85. The number of phosphoric ester groups is 1. The van der Waals surface area contributed by atoms with Gasteiger partial charge in [-0.3, -0.25) is 9.36 Å². The molecule has 0 spiro atoms. The number of phosphoric acid groups is 1. The minimum atomic E-state index is -4.55. The second kappa shape index (κ2) is 43.0. The monoisotopic (exact) mass is 873 g/mol. The molecule has 9 heteroatoms. The molecule has 0 bridgehead atoms. The number of carbonyl (C=O) groups is 1. The lowest BCUT2D eigenvalue weighted by molar-refractivity contribution is -0.870. The first-order chi connectivity index (χ1) is 29.5. The maximum atomic E-state index is 12.7. The van der Waals surface area contributed by atoms with Gasteiger partial charge in [0.2, 0.25) is 5.91 Å². The Labute approximate surface area is 376 Å². The molecule has 0 aromatic heterocycles. The Hall–Kier alpha value is -2.32. The van der Waals surface area contributed by atoms with Crippen molar-refractivity contribution in [1.29, 1.82) is 0 Å². The second-order valence-corrected chi connectivity index (χ2v) is 18.8. The molecule has 0 saturated carbocycles. The molecule has 2 N–H and O–H groups in total. The first-order valence-electron chi connectivity index (χ1n) is 24.4. The van der Waals surface area contributed by atoms with Gasteiger partial charge in [-0.05, 0) is 70.6 Å². The van der Waals surface area contributed by atoms with E-state index in [2.05, 4.69) is 104 Å². The van der Waals surface area contributed by atoms with Crippen molar-refractivity contribution in [3.05, 3.63) is 85.1 Å². The lowest BCUT2D eigenvalue weighted by atomic mass is 10.0. The van der Waals surface area contributed by atoms with Crippen LogP contribution in [-0.4, -0.2) is 68.5 Å². The third-order valence-corrected chi connectivity index (χ3v) is 11.4. The number of nitrogens with zero attached hydrogens (tertiary/aromatic N) is 1. The number of hydrogen-bond donors (Lipinski definition) is 2. The van der Waals surface area contributed by atoms with E-state index in [4.69, 9.17) is 9.05 Å². The Bertz CT molecular complexity index is 1260. The molecule has 1 amide bonds. The van der Waals surface area contributed by atoms with Crippen molar-refractivity contribution in [2.24, 2.45) is 0 Å². The van der Waals surface area contributed by atoms with E-state index in [9.17, 15) is 19.4 Å². The van der Waals surface area contributed by atoms with E-state index in [1.165, 1.54) is 70.6 Å². The lowest BCUT2D eigenvalue weighted by Crippen LogP contribution is -2.46. The van der Waals surface area contributed by atoms with Gasteiger partial charge >= 0.3 is 0 Å². The van der Waals surface area contributed by atoms with Crippen molar-refractivity contribution in [2.45, 2.75) is 199 Å². The number of aliphatic hydroxyl groups is 1. The lowest BCUT2D eigenvalue weighted by Gasteiger charge is -2.30. The number of amides is 1. The van der Waals surface area contributed by atoms with Gasteiger partial charge < -0.3 is 28.8 Å². The summed E-state index contributed by atoms with van der Waals surface area (Å²) in [6, 6.07) is -0.800. The molecular formula is C52H93N2O6P. The molecule has 0 rings (SSSR count). The highest BCUT2D eigenvalue weighted by Crippen LogP contribution is 2.38. The van der Waals surface area contributed by atoms with E-state index in [0.29, 0.717) is 23.9 Å². The van der Waals surface area contributed by atoms with Gasteiger partial charge in [0, 0.05) is 6.42 Å². The van der Waals surface area contributed by atoms with Gasteiger partial charge in [0.25, 0.3) is 7.82 Å². The molecule has 0 aliphatic carbocycles. The topological polar surface area (TPSA) is 108 Å². The Kier molecular flexibility index (Phi) is 41.3. The van der Waals surface area contributed by atoms with Crippen LogP contribution in [0.4, 0.5) is 0 Å². The molecule has 0 radical (unpaired) electrons. The summed E-state index contributed by atoms with van der Waals surface area (Å²) in [5, 5.41) is 13.6. The molecule has 352 valence electrons. The van der Waals surface area contributed by atoms with Crippen molar-refractivity contribution >= 4 is 13.7 Å². The van der Waals surface area contributed by atoms with Gasteiger partial charge in [0.15, 0.2) is 0 Å². The van der Waals surface area contributed by atoms with E-state index in [0.717, 1.165) is 89.9 Å². The predicted molar refractivity (Wildman–Crippen MR) is 260 cm³/mol. The molecule has 8 nitrogen and oxygen atoms in total. The zero-order chi connectivity index (χ0) is 45.0. The fourth-order valence-electron chi connectivity index (χ4n) is 6.55. The highest BCUT2D eigenvalue weighted by atomic mass is 31.2. The number of quaternary nitrogens is 1. The molecule has 3 unspecified atom stereocenters. The van der Waals surface area contributed by atoms with Gasteiger partial charge in [-0.15, -0.1) is 0 Å². The minimum absolute atomic E-state index is 0.00760. The maximum absolute atomic E-state index is 12.7. The number of nitrogens with one attached hydrogen (secondary N) is 1. The van der Waals surface area contributed by atoms with Crippen LogP contribution in [-0.2, 0) is 18.4 Å². The minimum Gasteiger partial charge on any atom is -0.756 e. The molecule has 0 fully saturated rings. The maximum Gasteiger partial charge on any atom is 0.268 e. The Morgan fingerprint density at radius 3 is 1.44 bits per heavy atom. The van der Waals surface area contributed by atoms with Crippen LogP contribution in [0.1, 0.15) is 187 Å². The van der Waals surface area contributed by atoms with E-state index < -0.39 is 20.0 Å². The summed E-state index contributed by atoms with van der Waals surface area (Å²) in [7, 11) is 1.29. The summed E-state index contributed by atoms with van der Waals surface area (Å²) < 4.78 is 23.0. The van der Waals surface area contributed by atoms with Gasteiger partial charge in [-0.1, -0.05) is 195 Å². The normalized spacial score (nSPS) is 14.9. The summed E-state index contributed by atoms with van der Waals surface area (Å²) in [5.41, 5.74) is 0. The van der Waals surface area contributed by atoms with Gasteiger partial charge in [-0.2, -0.15) is 0 Å². The first-order valence-corrected chi connectivity index (χ1v) is 25.9. The van der Waals surface area contributed by atoms with E-state index >= 15 is 0 Å². The standard InChI is InChI=1S/C52H93N2O6P/c1-6-8-10-12-13-14-15-16-17-18-19-20-21-22-23-24-25-26-27-28-29-30-31-32-33-34-35-36-37-38-39-40-41-42-44-46-52(56)53-50(51(55)45-43-11-9-7-2)49-60-61(57,58)59-48-47-54(3,4)5/h8,10,13-14,16-17,19-20,22-23,25-26,28-29,50-51,55H,6-7,9,11-12,15,18,21,24,27,30-49H2,1-5H3,(H-,53,56,57,58)/b10-8-,14-13-,17-16-,20-19-,23-22-,26-25-,29-28-.